The van der Waals surface area contributed by atoms with Crippen LogP contribution < -0.4 is 5.32 Å². The molecule has 2 aromatic rings. The van der Waals surface area contributed by atoms with Gasteiger partial charge in [0.15, 0.2) is 0 Å². The summed E-state index contributed by atoms with van der Waals surface area (Å²) in [5.41, 5.74) is 2.58. The predicted octanol–water partition coefficient (Wildman–Crippen LogP) is 2.18. The quantitative estimate of drug-likeness (QED) is 0.877. The van der Waals surface area contributed by atoms with Gasteiger partial charge in [-0.25, -0.2) is 4.39 Å². The summed E-state index contributed by atoms with van der Waals surface area (Å²) in [5, 5.41) is 11.7. The van der Waals surface area contributed by atoms with Crippen molar-refractivity contribution < 1.29 is 14.3 Å². The fraction of sp³-hybridized carbons (Fsp3) is 0.188. The van der Waals surface area contributed by atoms with Crippen LogP contribution in [0, 0.1) is 5.82 Å². The molecule has 0 aliphatic heterocycles. The Morgan fingerprint density at radius 3 is 2.10 bits per heavy atom. The first-order chi connectivity index (χ1) is 9.67. The molecule has 0 fully saturated rings. The molecule has 2 N–H and O–H groups in total. The van der Waals surface area contributed by atoms with Gasteiger partial charge in [-0.3, -0.25) is 4.79 Å². The van der Waals surface area contributed by atoms with E-state index in [-0.39, 0.29) is 24.8 Å². The summed E-state index contributed by atoms with van der Waals surface area (Å²) in [5.74, 6) is -0.416. The maximum Gasteiger partial charge on any atom is 0.224 e. The zero-order chi connectivity index (χ0) is 14.4. The Balaban J connectivity index is 1.83. The van der Waals surface area contributed by atoms with Gasteiger partial charge in [-0.1, -0.05) is 36.4 Å². The molecular formula is C16H16FNO2. The third-order valence-corrected chi connectivity index (χ3v) is 2.97. The van der Waals surface area contributed by atoms with Crippen LogP contribution in [0.5, 0.6) is 0 Å². The fourth-order valence-corrected chi connectivity index (χ4v) is 1.81. The lowest BCUT2D eigenvalue weighted by Crippen LogP contribution is -2.24. The van der Waals surface area contributed by atoms with E-state index in [1.54, 1.807) is 12.1 Å². The van der Waals surface area contributed by atoms with Gasteiger partial charge in [-0.2, -0.15) is 0 Å². The van der Waals surface area contributed by atoms with E-state index in [1.807, 2.05) is 24.3 Å². The first kappa shape index (κ1) is 14.2. The van der Waals surface area contributed by atoms with E-state index in [2.05, 4.69) is 5.32 Å². The molecule has 0 heterocycles. The average molecular weight is 273 g/mol. The van der Waals surface area contributed by atoms with Crippen LogP contribution in [0.3, 0.4) is 0 Å². The fourth-order valence-electron chi connectivity index (χ4n) is 1.81. The molecule has 20 heavy (non-hydrogen) atoms. The van der Waals surface area contributed by atoms with E-state index in [4.69, 9.17) is 5.11 Å². The van der Waals surface area contributed by atoms with Crippen molar-refractivity contribution in [2.45, 2.75) is 19.6 Å². The molecule has 0 atom stereocenters. The molecule has 0 aromatic heterocycles. The SMILES string of the molecule is O=C(Cc1ccc(F)cc1)NCc1ccc(CO)cc1. The number of carbonyl (C=O) groups excluding carboxylic acids is 1. The molecule has 2 rings (SSSR count). The predicted molar refractivity (Wildman–Crippen MR) is 74.3 cm³/mol. The molecule has 1 amide bonds. The Labute approximate surface area is 117 Å². The van der Waals surface area contributed by atoms with E-state index in [1.165, 1.54) is 12.1 Å². The lowest BCUT2D eigenvalue weighted by atomic mass is 10.1. The zero-order valence-electron chi connectivity index (χ0n) is 11.0. The highest BCUT2D eigenvalue weighted by Gasteiger charge is 2.03. The van der Waals surface area contributed by atoms with E-state index in [9.17, 15) is 9.18 Å². The number of aliphatic hydroxyl groups excluding tert-OH is 1. The molecule has 0 aliphatic carbocycles. The second-order valence-corrected chi connectivity index (χ2v) is 4.55. The number of amides is 1. The summed E-state index contributed by atoms with van der Waals surface area (Å²) in [4.78, 5) is 11.7. The van der Waals surface area contributed by atoms with Crippen molar-refractivity contribution >= 4 is 5.91 Å². The van der Waals surface area contributed by atoms with Crippen LogP contribution in [-0.2, 0) is 24.4 Å². The monoisotopic (exact) mass is 273 g/mol. The van der Waals surface area contributed by atoms with Crippen LogP contribution in [-0.4, -0.2) is 11.0 Å². The van der Waals surface area contributed by atoms with Crippen molar-refractivity contribution in [2.75, 3.05) is 0 Å². The Morgan fingerprint density at radius 2 is 1.50 bits per heavy atom. The van der Waals surface area contributed by atoms with Gasteiger partial charge in [0.25, 0.3) is 0 Å². The van der Waals surface area contributed by atoms with Crippen LogP contribution in [0.15, 0.2) is 48.5 Å². The number of nitrogens with one attached hydrogen (secondary N) is 1. The van der Waals surface area contributed by atoms with Crippen molar-refractivity contribution in [3.8, 4) is 0 Å². The Kier molecular flexibility index (Phi) is 4.85. The standard InChI is InChI=1S/C16H16FNO2/c17-15-7-5-12(6-8-15)9-16(20)18-10-13-1-3-14(11-19)4-2-13/h1-8,19H,9-11H2,(H,18,20). The third-order valence-electron chi connectivity index (χ3n) is 2.97. The lowest BCUT2D eigenvalue weighted by molar-refractivity contribution is -0.120. The molecular weight excluding hydrogens is 257 g/mol. The summed E-state index contributed by atoms with van der Waals surface area (Å²) in [6.45, 7) is 0.447. The zero-order valence-corrected chi connectivity index (χ0v) is 11.0. The molecule has 104 valence electrons. The van der Waals surface area contributed by atoms with Gasteiger partial charge in [0, 0.05) is 6.54 Å². The molecule has 0 unspecified atom stereocenters. The van der Waals surface area contributed by atoms with Gasteiger partial charge in [0.05, 0.1) is 13.0 Å². The van der Waals surface area contributed by atoms with Gasteiger partial charge in [0.2, 0.25) is 5.91 Å². The van der Waals surface area contributed by atoms with E-state index < -0.39 is 0 Å². The largest absolute Gasteiger partial charge is 0.392 e. The number of hydrogen-bond donors (Lipinski definition) is 2. The molecule has 0 saturated heterocycles. The minimum absolute atomic E-state index is 0.0111. The second kappa shape index (κ2) is 6.82. The third kappa shape index (κ3) is 4.17. The summed E-state index contributed by atoms with van der Waals surface area (Å²) in [6, 6.07) is 13.3. The lowest BCUT2D eigenvalue weighted by Gasteiger charge is -2.06. The molecule has 3 nitrogen and oxygen atoms in total. The van der Waals surface area contributed by atoms with Crippen LogP contribution in [0.1, 0.15) is 16.7 Å². The summed E-state index contributed by atoms with van der Waals surface area (Å²) < 4.78 is 12.7. The highest BCUT2D eigenvalue weighted by molar-refractivity contribution is 5.78. The van der Waals surface area contributed by atoms with Crippen LogP contribution in [0.4, 0.5) is 4.39 Å². The highest BCUT2D eigenvalue weighted by Crippen LogP contribution is 2.05. The van der Waals surface area contributed by atoms with Gasteiger partial charge in [-0.15, -0.1) is 0 Å². The number of rotatable bonds is 5. The molecule has 4 heteroatoms. The Morgan fingerprint density at radius 1 is 0.950 bits per heavy atom. The summed E-state index contributed by atoms with van der Waals surface area (Å²) in [7, 11) is 0. The normalized spacial score (nSPS) is 10.3. The van der Waals surface area contributed by atoms with Gasteiger partial charge in [-0.05, 0) is 28.8 Å². The Hall–Kier alpha value is -2.20. The first-order valence-electron chi connectivity index (χ1n) is 6.37. The summed E-state index contributed by atoms with van der Waals surface area (Å²) in [6.07, 6.45) is 0.231. The Bertz CT molecular complexity index is 564. The minimum Gasteiger partial charge on any atom is -0.392 e. The van der Waals surface area contributed by atoms with Crippen molar-refractivity contribution in [1.29, 1.82) is 0 Å². The molecule has 0 radical (unpaired) electrons. The molecule has 0 aliphatic rings. The van der Waals surface area contributed by atoms with Crippen molar-refractivity contribution in [1.82, 2.24) is 5.32 Å². The van der Waals surface area contributed by atoms with Crippen molar-refractivity contribution in [3.05, 3.63) is 71.0 Å². The van der Waals surface area contributed by atoms with Crippen molar-refractivity contribution in [2.24, 2.45) is 0 Å². The first-order valence-corrected chi connectivity index (χ1v) is 6.37. The second-order valence-electron chi connectivity index (χ2n) is 4.55. The van der Waals surface area contributed by atoms with E-state index in [0.717, 1.165) is 16.7 Å². The van der Waals surface area contributed by atoms with Crippen LogP contribution >= 0.6 is 0 Å². The minimum atomic E-state index is -0.307. The molecule has 0 bridgehead atoms. The smallest absolute Gasteiger partial charge is 0.224 e. The van der Waals surface area contributed by atoms with Crippen LogP contribution in [0.25, 0.3) is 0 Å². The molecule has 2 aromatic carbocycles. The van der Waals surface area contributed by atoms with E-state index in [0.29, 0.717) is 6.54 Å². The van der Waals surface area contributed by atoms with Crippen LogP contribution in [0.2, 0.25) is 0 Å². The number of halogens is 1. The van der Waals surface area contributed by atoms with E-state index >= 15 is 0 Å². The maximum absolute atomic E-state index is 12.7. The van der Waals surface area contributed by atoms with Gasteiger partial charge >= 0.3 is 0 Å². The highest BCUT2D eigenvalue weighted by atomic mass is 19.1. The maximum atomic E-state index is 12.7. The number of benzene rings is 2. The summed E-state index contributed by atoms with van der Waals surface area (Å²) >= 11 is 0. The number of aliphatic hydroxyl groups is 1. The average Bonchev–Trinajstić information content (AvgIpc) is 2.48. The van der Waals surface area contributed by atoms with Gasteiger partial charge < -0.3 is 10.4 Å². The van der Waals surface area contributed by atoms with Crippen molar-refractivity contribution in [3.63, 3.8) is 0 Å². The topological polar surface area (TPSA) is 49.3 Å². The molecule has 0 saturated carbocycles. The molecule has 0 spiro atoms. The number of carbonyl (C=O) groups is 1. The number of hydrogen-bond acceptors (Lipinski definition) is 2. The van der Waals surface area contributed by atoms with Gasteiger partial charge in [0.1, 0.15) is 5.82 Å².